The van der Waals surface area contributed by atoms with E-state index in [-0.39, 0.29) is 29.4 Å². The fraction of sp³-hybridized carbons (Fsp3) is 0.615. The zero-order valence-electron chi connectivity index (χ0n) is 19.9. The van der Waals surface area contributed by atoms with Crippen molar-refractivity contribution in [3.63, 3.8) is 0 Å². The van der Waals surface area contributed by atoms with E-state index >= 15 is 0 Å². The number of esters is 1. The van der Waals surface area contributed by atoms with Crippen LogP contribution in [0.15, 0.2) is 17.7 Å². The molecule has 2 aliphatic rings. The SMILES string of the molecule is COC(=O)c1sc(C#CC(C)(C)C)cc1N(C(=O)[C@H]1CC=C(C)CC1)[C@H]1CC[C@H](O)CC1. The predicted octanol–water partition coefficient (Wildman–Crippen LogP) is 5.32. The fourth-order valence-electron chi connectivity index (χ4n) is 4.31. The second kappa shape index (κ2) is 10.2. The Kier molecular flexibility index (Phi) is 7.84. The number of hydrogen-bond acceptors (Lipinski definition) is 5. The minimum Gasteiger partial charge on any atom is -0.465 e. The van der Waals surface area contributed by atoms with E-state index in [0.29, 0.717) is 36.2 Å². The third-order valence-corrected chi connectivity index (χ3v) is 7.18. The summed E-state index contributed by atoms with van der Waals surface area (Å²) in [7, 11) is 1.37. The number of ether oxygens (including phenoxy) is 1. The molecule has 0 bridgehead atoms. The van der Waals surface area contributed by atoms with Gasteiger partial charge in [-0.05, 0) is 78.7 Å². The predicted molar refractivity (Wildman–Crippen MR) is 129 cm³/mol. The fourth-order valence-corrected chi connectivity index (χ4v) is 5.23. The van der Waals surface area contributed by atoms with Crippen molar-refractivity contribution >= 4 is 28.9 Å². The molecule has 1 amide bonds. The average Bonchev–Trinajstić information content (AvgIpc) is 3.17. The Morgan fingerprint density at radius 3 is 2.44 bits per heavy atom. The molecule has 0 radical (unpaired) electrons. The van der Waals surface area contributed by atoms with Gasteiger partial charge in [-0.25, -0.2) is 4.79 Å². The maximum atomic E-state index is 13.8. The number of allylic oxidation sites excluding steroid dienone is 2. The molecule has 1 aromatic heterocycles. The second-order valence-corrected chi connectivity index (χ2v) is 11.1. The van der Waals surface area contributed by atoms with Gasteiger partial charge in [-0.1, -0.05) is 23.5 Å². The molecule has 1 atom stereocenters. The largest absolute Gasteiger partial charge is 0.465 e. The highest BCUT2D eigenvalue weighted by atomic mass is 32.1. The number of amides is 1. The zero-order chi connectivity index (χ0) is 23.5. The van der Waals surface area contributed by atoms with Crippen molar-refractivity contribution in [3.05, 3.63) is 27.5 Å². The topological polar surface area (TPSA) is 66.8 Å². The minimum atomic E-state index is -0.443. The standard InChI is InChI=1S/C26H35NO4S/c1-17-6-8-18(9-7-17)24(29)27(19-10-12-20(28)13-11-19)22-16-21(14-15-26(2,3)4)32-23(22)25(30)31-5/h6,16,18-20,28H,7-13H2,1-5H3/t18-,19-,20-/m0/s1. The van der Waals surface area contributed by atoms with Crippen molar-refractivity contribution in [1.29, 1.82) is 0 Å². The monoisotopic (exact) mass is 457 g/mol. The van der Waals surface area contributed by atoms with Gasteiger partial charge in [-0.3, -0.25) is 4.79 Å². The van der Waals surface area contributed by atoms with E-state index in [4.69, 9.17) is 4.74 Å². The Bertz CT molecular complexity index is 935. The van der Waals surface area contributed by atoms with Gasteiger partial charge in [0.15, 0.2) is 0 Å². The number of anilines is 1. The van der Waals surface area contributed by atoms with Crippen LogP contribution >= 0.6 is 11.3 Å². The number of hydrogen-bond donors (Lipinski definition) is 1. The summed E-state index contributed by atoms with van der Waals surface area (Å²) in [4.78, 5) is 29.5. The third-order valence-electron chi connectivity index (χ3n) is 6.16. The maximum absolute atomic E-state index is 13.8. The van der Waals surface area contributed by atoms with E-state index in [2.05, 4.69) is 24.8 Å². The number of carbonyl (C=O) groups is 2. The molecule has 6 heteroatoms. The van der Waals surface area contributed by atoms with Crippen molar-refractivity contribution < 1.29 is 19.4 Å². The Hall–Kier alpha value is -2.10. The molecule has 0 saturated heterocycles. The first-order valence-electron chi connectivity index (χ1n) is 11.5. The molecule has 1 aromatic rings. The molecule has 174 valence electrons. The lowest BCUT2D eigenvalue weighted by atomic mass is 9.86. The lowest BCUT2D eigenvalue weighted by molar-refractivity contribution is -0.123. The average molecular weight is 458 g/mol. The molecule has 0 aliphatic heterocycles. The van der Waals surface area contributed by atoms with Gasteiger partial charge in [0.1, 0.15) is 4.88 Å². The number of aliphatic hydroxyl groups excluding tert-OH is 1. The van der Waals surface area contributed by atoms with Crippen molar-refractivity contribution in [3.8, 4) is 11.8 Å². The summed E-state index contributed by atoms with van der Waals surface area (Å²) in [6.07, 6.45) is 7.06. The van der Waals surface area contributed by atoms with E-state index in [1.165, 1.54) is 24.0 Å². The van der Waals surface area contributed by atoms with E-state index in [1.807, 2.05) is 31.7 Å². The number of aliphatic hydroxyl groups is 1. The smallest absolute Gasteiger partial charge is 0.350 e. The Balaban J connectivity index is 2.04. The summed E-state index contributed by atoms with van der Waals surface area (Å²) in [5.74, 6) is 5.93. The van der Waals surface area contributed by atoms with Crippen molar-refractivity contribution in [2.45, 2.75) is 84.8 Å². The van der Waals surface area contributed by atoms with Crippen LogP contribution in [-0.4, -0.2) is 36.2 Å². The van der Waals surface area contributed by atoms with Gasteiger partial charge in [0.25, 0.3) is 0 Å². The molecule has 0 aromatic carbocycles. The number of thiophene rings is 1. The molecular formula is C26H35NO4S. The van der Waals surface area contributed by atoms with Gasteiger partial charge in [-0.15, -0.1) is 11.3 Å². The van der Waals surface area contributed by atoms with Crippen LogP contribution in [0.2, 0.25) is 0 Å². The van der Waals surface area contributed by atoms with Crippen LogP contribution < -0.4 is 4.90 Å². The first kappa shape index (κ1) is 24.5. The molecule has 1 heterocycles. The number of carbonyl (C=O) groups excluding carboxylic acids is 2. The quantitative estimate of drug-likeness (QED) is 0.378. The summed E-state index contributed by atoms with van der Waals surface area (Å²) in [5, 5.41) is 10.0. The van der Waals surface area contributed by atoms with Crippen LogP contribution in [0.25, 0.3) is 0 Å². The second-order valence-electron chi connectivity index (χ2n) is 10.0. The minimum absolute atomic E-state index is 0.0423. The molecule has 1 N–H and O–H groups in total. The molecule has 3 rings (SSSR count). The summed E-state index contributed by atoms with van der Waals surface area (Å²) in [6, 6.07) is 1.84. The van der Waals surface area contributed by atoms with E-state index in [1.54, 1.807) is 0 Å². The normalized spacial score (nSPS) is 23.6. The third kappa shape index (κ3) is 6.02. The van der Waals surface area contributed by atoms with Crippen molar-refractivity contribution in [2.24, 2.45) is 11.3 Å². The van der Waals surface area contributed by atoms with Gasteiger partial charge in [-0.2, -0.15) is 0 Å². The van der Waals surface area contributed by atoms with Crippen molar-refractivity contribution in [1.82, 2.24) is 0 Å². The first-order chi connectivity index (χ1) is 15.1. The summed E-state index contributed by atoms with van der Waals surface area (Å²) >= 11 is 1.29. The molecular weight excluding hydrogens is 422 g/mol. The van der Waals surface area contributed by atoms with Gasteiger partial charge in [0.05, 0.1) is 23.8 Å². The first-order valence-corrected chi connectivity index (χ1v) is 12.3. The highest BCUT2D eigenvalue weighted by Crippen LogP contribution is 2.38. The number of nitrogens with zero attached hydrogens (tertiary/aromatic N) is 1. The maximum Gasteiger partial charge on any atom is 0.350 e. The molecule has 2 aliphatic carbocycles. The highest BCUT2D eigenvalue weighted by molar-refractivity contribution is 7.15. The Morgan fingerprint density at radius 2 is 1.88 bits per heavy atom. The molecule has 1 saturated carbocycles. The van der Waals surface area contributed by atoms with Gasteiger partial charge in [0, 0.05) is 17.4 Å². The molecule has 0 spiro atoms. The van der Waals surface area contributed by atoms with Crippen LogP contribution in [0, 0.1) is 23.2 Å². The van der Waals surface area contributed by atoms with Gasteiger partial charge >= 0.3 is 5.97 Å². The van der Waals surface area contributed by atoms with Crippen LogP contribution in [0.3, 0.4) is 0 Å². The van der Waals surface area contributed by atoms with E-state index < -0.39 is 5.97 Å². The number of methoxy groups -OCH3 is 1. The summed E-state index contributed by atoms with van der Waals surface area (Å²) < 4.78 is 5.07. The molecule has 5 nitrogen and oxygen atoms in total. The van der Waals surface area contributed by atoms with Gasteiger partial charge in [0.2, 0.25) is 5.91 Å². The van der Waals surface area contributed by atoms with Crippen LogP contribution in [0.1, 0.15) is 87.2 Å². The Labute approximate surface area is 195 Å². The lowest BCUT2D eigenvalue weighted by Gasteiger charge is -2.38. The lowest BCUT2D eigenvalue weighted by Crippen LogP contribution is -2.46. The zero-order valence-corrected chi connectivity index (χ0v) is 20.7. The van der Waals surface area contributed by atoms with Crippen molar-refractivity contribution in [2.75, 3.05) is 12.0 Å². The van der Waals surface area contributed by atoms with Gasteiger partial charge < -0.3 is 14.7 Å². The Morgan fingerprint density at radius 1 is 1.19 bits per heavy atom. The molecule has 1 fully saturated rings. The number of rotatable bonds is 4. The van der Waals surface area contributed by atoms with Crippen LogP contribution in [-0.2, 0) is 9.53 Å². The molecule has 32 heavy (non-hydrogen) atoms. The summed E-state index contributed by atoms with van der Waals surface area (Å²) in [6.45, 7) is 8.22. The highest BCUT2D eigenvalue weighted by Gasteiger charge is 2.36. The molecule has 0 unspecified atom stereocenters. The van der Waals surface area contributed by atoms with E-state index in [9.17, 15) is 14.7 Å². The van der Waals surface area contributed by atoms with E-state index in [0.717, 1.165) is 24.1 Å². The van der Waals surface area contributed by atoms with Crippen LogP contribution in [0.5, 0.6) is 0 Å². The van der Waals surface area contributed by atoms with Crippen LogP contribution in [0.4, 0.5) is 5.69 Å². The summed E-state index contributed by atoms with van der Waals surface area (Å²) in [5.41, 5.74) is 1.77.